The fourth-order valence-corrected chi connectivity index (χ4v) is 1.53. The SMILES string of the molecule is C[C@H](I)[C@@H]1CCCO1. The average Bonchev–Trinajstić information content (AvgIpc) is 2.12. The highest BCUT2D eigenvalue weighted by atomic mass is 127. The summed E-state index contributed by atoms with van der Waals surface area (Å²) in [6.45, 7) is 3.19. The fraction of sp³-hybridized carbons (Fsp3) is 1.00. The normalized spacial score (nSPS) is 33.0. The monoisotopic (exact) mass is 226 g/mol. The van der Waals surface area contributed by atoms with E-state index in [4.69, 9.17) is 4.74 Å². The Balaban J connectivity index is 2.24. The van der Waals surface area contributed by atoms with Crippen LogP contribution in [-0.2, 0) is 4.74 Å². The molecule has 0 aromatic carbocycles. The van der Waals surface area contributed by atoms with E-state index in [1.165, 1.54) is 12.8 Å². The van der Waals surface area contributed by atoms with E-state index < -0.39 is 0 Å². The van der Waals surface area contributed by atoms with Gasteiger partial charge in [-0.2, -0.15) is 0 Å². The Morgan fingerprint density at radius 2 is 2.50 bits per heavy atom. The van der Waals surface area contributed by atoms with Gasteiger partial charge in [0.15, 0.2) is 0 Å². The first-order valence-corrected chi connectivity index (χ1v) is 4.31. The zero-order chi connectivity index (χ0) is 5.98. The number of halogens is 1. The first-order chi connectivity index (χ1) is 3.80. The molecule has 0 aromatic heterocycles. The van der Waals surface area contributed by atoms with Gasteiger partial charge in [-0.1, -0.05) is 29.5 Å². The number of ether oxygens (including phenoxy) is 1. The number of alkyl halides is 1. The molecule has 0 bridgehead atoms. The minimum Gasteiger partial charge on any atom is -0.377 e. The van der Waals surface area contributed by atoms with Crippen molar-refractivity contribution in [3.63, 3.8) is 0 Å². The molecule has 1 heterocycles. The quantitative estimate of drug-likeness (QED) is 0.490. The molecule has 1 rings (SSSR count). The van der Waals surface area contributed by atoms with Gasteiger partial charge in [0.2, 0.25) is 0 Å². The number of hydrogen-bond acceptors (Lipinski definition) is 1. The van der Waals surface area contributed by atoms with Gasteiger partial charge in [0, 0.05) is 10.5 Å². The van der Waals surface area contributed by atoms with Crippen molar-refractivity contribution in [2.75, 3.05) is 6.61 Å². The van der Waals surface area contributed by atoms with Crippen molar-refractivity contribution in [2.24, 2.45) is 0 Å². The van der Waals surface area contributed by atoms with Gasteiger partial charge in [0.05, 0.1) is 6.10 Å². The molecule has 1 aliphatic rings. The lowest BCUT2D eigenvalue weighted by molar-refractivity contribution is 0.115. The topological polar surface area (TPSA) is 9.23 Å². The van der Waals surface area contributed by atoms with Gasteiger partial charge in [0.1, 0.15) is 0 Å². The number of rotatable bonds is 1. The lowest BCUT2D eigenvalue weighted by Gasteiger charge is -2.10. The predicted octanol–water partition coefficient (Wildman–Crippen LogP) is 1.99. The van der Waals surface area contributed by atoms with Crippen LogP contribution in [0.15, 0.2) is 0 Å². The minimum absolute atomic E-state index is 0.551. The van der Waals surface area contributed by atoms with Crippen LogP contribution in [0, 0.1) is 0 Å². The summed E-state index contributed by atoms with van der Waals surface area (Å²) in [5.41, 5.74) is 0. The summed E-state index contributed by atoms with van der Waals surface area (Å²) in [6, 6.07) is 0. The van der Waals surface area contributed by atoms with E-state index in [9.17, 15) is 0 Å². The van der Waals surface area contributed by atoms with Crippen LogP contribution in [0.1, 0.15) is 19.8 Å². The summed E-state index contributed by atoms with van der Waals surface area (Å²) >= 11 is 2.42. The van der Waals surface area contributed by atoms with Gasteiger partial charge in [0.25, 0.3) is 0 Å². The van der Waals surface area contributed by atoms with Crippen molar-refractivity contribution in [1.29, 1.82) is 0 Å². The molecule has 0 N–H and O–H groups in total. The standard InChI is InChI=1S/C6H11IO/c1-5(7)6-3-2-4-8-6/h5-6H,2-4H2,1H3/t5-,6-/m0/s1. The van der Waals surface area contributed by atoms with Gasteiger partial charge in [-0.05, 0) is 12.8 Å². The molecule has 8 heavy (non-hydrogen) atoms. The molecule has 1 saturated heterocycles. The molecule has 2 heteroatoms. The first-order valence-electron chi connectivity index (χ1n) is 3.06. The molecule has 0 unspecified atom stereocenters. The van der Waals surface area contributed by atoms with Gasteiger partial charge in [-0.15, -0.1) is 0 Å². The molecule has 0 aliphatic carbocycles. The van der Waals surface area contributed by atoms with E-state index in [-0.39, 0.29) is 0 Å². The van der Waals surface area contributed by atoms with Crippen LogP contribution in [-0.4, -0.2) is 16.6 Å². The summed E-state index contributed by atoms with van der Waals surface area (Å²) < 4.78 is 6.10. The molecular weight excluding hydrogens is 215 g/mol. The van der Waals surface area contributed by atoms with Crippen LogP contribution in [0.2, 0.25) is 0 Å². The molecule has 0 aromatic rings. The largest absolute Gasteiger partial charge is 0.377 e. The van der Waals surface area contributed by atoms with Gasteiger partial charge >= 0.3 is 0 Å². The maximum Gasteiger partial charge on any atom is 0.0690 e. The summed E-state index contributed by atoms with van der Waals surface area (Å²) in [5.74, 6) is 0. The van der Waals surface area contributed by atoms with Crippen LogP contribution < -0.4 is 0 Å². The van der Waals surface area contributed by atoms with Crippen molar-refractivity contribution in [1.82, 2.24) is 0 Å². The minimum atomic E-state index is 0.551. The zero-order valence-electron chi connectivity index (χ0n) is 5.06. The van der Waals surface area contributed by atoms with E-state index in [1.807, 2.05) is 0 Å². The average molecular weight is 226 g/mol. The van der Waals surface area contributed by atoms with Gasteiger partial charge in [-0.25, -0.2) is 0 Å². The maximum absolute atomic E-state index is 5.41. The van der Waals surface area contributed by atoms with Gasteiger partial charge in [-0.3, -0.25) is 0 Å². The van der Waals surface area contributed by atoms with Crippen molar-refractivity contribution < 1.29 is 4.74 Å². The number of hydrogen-bond donors (Lipinski definition) is 0. The summed E-state index contributed by atoms with van der Waals surface area (Å²) in [5, 5.41) is 0. The zero-order valence-corrected chi connectivity index (χ0v) is 7.22. The lowest BCUT2D eigenvalue weighted by Crippen LogP contribution is -2.14. The predicted molar refractivity (Wildman–Crippen MR) is 42.5 cm³/mol. The van der Waals surface area contributed by atoms with Crippen LogP contribution in [0.3, 0.4) is 0 Å². The molecule has 1 aliphatic heterocycles. The second kappa shape index (κ2) is 3.01. The third kappa shape index (κ3) is 1.58. The Morgan fingerprint density at radius 3 is 2.75 bits per heavy atom. The third-order valence-electron chi connectivity index (χ3n) is 1.48. The molecule has 1 nitrogen and oxygen atoms in total. The Bertz CT molecular complexity index is 66.9. The molecule has 0 spiro atoms. The second-order valence-corrected chi connectivity index (χ2v) is 4.19. The smallest absolute Gasteiger partial charge is 0.0690 e. The molecule has 2 atom stereocenters. The Kier molecular flexibility index (Phi) is 2.56. The van der Waals surface area contributed by atoms with E-state index in [1.54, 1.807) is 0 Å². The Hall–Kier alpha value is 0.690. The van der Waals surface area contributed by atoms with E-state index in [0.717, 1.165) is 6.61 Å². The van der Waals surface area contributed by atoms with Crippen molar-refractivity contribution >= 4 is 22.6 Å². The van der Waals surface area contributed by atoms with Crippen LogP contribution in [0.4, 0.5) is 0 Å². The van der Waals surface area contributed by atoms with Crippen LogP contribution in [0.5, 0.6) is 0 Å². The highest BCUT2D eigenvalue weighted by Crippen LogP contribution is 2.20. The van der Waals surface area contributed by atoms with Crippen molar-refractivity contribution in [3.05, 3.63) is 0 Å². The lowest BCUT2D eigenvalue weighted by atomic mass is 10.2. The molecule has 0 amide bonds. The Labute approximate surface area is 63.9 Å². The third-order valence-corrected chi connectivity index (χ3v) is 2.28. The maximum atomic E-state index is 5.41. The fourth-order valence-electron chi connectivity index (χ4n) is 0.965. The highest BCUT2D eigenvalue weighted by molar-refractivity contribution is 14.1. The Morgan fingerprint density at radius 1 is 1.75 bits per heavy atom. The second-order valence-electron chi connectivity index (χ2n) is 2.23. The summed E-state index contributed by atoms with van der Waals surface area (Å²) in [6.07, 6.45) is 3.08. The van der Waals surface area contributed by atoms with E-state index >= 15 is 0 Å². The van der Waals surface area contributed by atoms with Crippen molar-refractivity contribution in [3.8, 4) is 0 Å². The van der Waals surface area contributed by atoms with E-state index in [0.29, 0.717) is 10.0 Å². The van der Waals surface area contributed by atoms with E-state index in [2.05, 4.69) is 29.5 Å². The summed E-state index contributed by atoms with van der Waals surface area (Å²) in [7, 11) is 0. The summed E-state index contributed by atoms with van der Waals surface area (Å²) in [4.78, 5) is 0. The molecule has 0 radical (unpaired) electrons. The first kappa shape index (κ1) is 6.81. The highest BCUT2D eigenvalue weighted by Gasteiger charge is 2.19. The molecule has 1 fully saturated rings. The van der Waals surface area contributed by atoms with Crippen molar-refractivity contribution in [2.45, 2.75) is 29.8 Å². The molecule has 0 saturated carbocycles. The molecular formula is C6H11IO. The van der Waals surface area contributed by atoms with Crippen LogP contribution in [0.25, 0.3) is 0 Å². The van der Waals surface area contributed by atoms with Gasteiger partial charge < -0.3 is 4.74 Å². The van der Waals surface area contributed by atoms with Crippen LogP contribution >= 0.6 is 22.6 Å². The molecule has 48 valence electrons.